The molecule has 2 amide bonds. The van der Waals surface area contributed by atoms with Crippen LogP contribution in [0.25, 0.3) is 0 Å². The topological polar surface area (TPSA) is 96.4 Å². The maximum atomic E-state index is 11.8. The van der Waals surface area contributed by atoms with Gasteiger partial charge in [0, 0.05) is 12.5 Å². The molecule has 1 fully saturated rings. The van der Waals surface area contributed by atoms with E-state index in [2.05, 4.69) is 20.8 Å². The molecule has 3 rings (SSSR count). The maximum absolute atomic E-state index is 11.8. The zero-order valence-corrected chi connectivity index (χ0v) is 12.8. The number of carbonyl (C=O) groups is 1. The zero-order valence-electron chi connectivity index (χ0n) is 12.0. The van der Waals surface area contributed by atoms with Crippen molar-refractivity contribution in [3.8, 4) is 11.5 Å². The van der Waals surface area contributed by atoms with Gasteiger partial charge in [-0.3, -0.25) is 5.32 Å². The first-order valence-corrected chi connectivity index (χ1v) is 7.71. The van der Waals surface area contributed by atoms with Crippen LogP contribution in [-0.4, -0.2) is 28.4 Å². The molecule has 8 heteroatoms. The van der Waals surface area contributed by atoms with Crippen molar-refractivity contribution in [2.45, 2.75) is 25.3 Å². The van der Waals surface area contributed by atoms with Gasteiger partial charge in [-0.05, 0) is 30.5 Å². The third-order valence-electron chi connectivity index (χ3n) is 3.28. The lowest BCUT2D eigenvalue weighted by atomic mass is 10.2. The van der Waals surface area contributed by atoms with Crippen LogP contribution in [-0.2, 0) is 6.54 Å². The van der Waals surface area contributed by atoms with Gasteiger partial charge in [-0.2, -0.15) is 0 Å². The van der Waals surface area contributed by atoms with Crippen molar-refractivity contribution >= 4 is 22.5 Å². The highest BCUT2D eigenvalue weighted by Gasteiger charge is 2.27. The first-order valence-electron chi connectivity index (χ1n) is 6.90. The Hall–Kier alpha value is -2.35. The minimum absolute atomic E-state index is 0.0668. The summed E-state index contributed by atoms with van der Waals surface area (Å²) in [5.41, 5.74) is 0.820. The summed E-state index contributed by atoms with van der Waals surface area (Å²) in [6.45, 7) is 0.316. The Bertz CT molecular complexity index is 684. The average Bonchev–Trinajstić information content (AvgIpc) is 3.27. The molecule has 1 aromatic carbocycles. The van der Waals surface area contributed by atoms with E-state index in [0.717, 1.165) is 23.4 Å². The Kier molecular flexibility index (Phi) is 4.10. The number of phenols is 1. The number of aromatic nitrogens is 2. The summed E-state index contributed by atoms with van der Waals surface area (Å²) < 4.78 is 5.02. The highest BCUT2D eigenvalue weighted by Crippen LogP contribution is 2.42. The fraction of sp³-hybridized carbons (Fsp3) is 0.357. The maximum Gasteiger partial charge on any atom is 0.321 e. The van der Waals surface area contributed by atoms with Crippen molar-refractivity contribution in [2.75, 3.05) is 12.4 Å². The second-order valence-corrected chi connectivity index (χ2v) is 6.04. The smallest absolute Gasteiger partial charge is 0.321 e. The van der Waals surface area contributed by atoms with Gasteiger partial charge in [-0.25, -0.2) is 4.79 Å². The number of nitrogens with zero attached hydrogens (tertiary/aromatic N) is 2. The molecule has 0 atom stereocenters. The summed E-state index contributed by atoms with van der Waals surface area (Å²) in [7, 11) is 1.48. The predicted octanol–water partition coefficient (Wildman–Crippen LogP) is 2.45. The van der Waals surface area contributed by atoms with Crippen LogP contribution in [0.2, 0.25) is 0 Å². The number of methoxy groups -OCH3 is 1. The molecule has 0 spiro atoms. The lowest BCUT2D eigenvalue weighted by Crippen LogP contribution is -2.28. The molecule has 0 radical (unpaired) electrons. The Labute approximate surface area is 131 Å². The predicted molar refractivity (Wildman–Crippen MR) is 82.4 cm³/mol. The Morgan fingerprint density at radius 3 is 3.00 bits per heavy atom. The number of hydrogen-bond acceptors (Lipinski definition) is 6. The van der Waals surface area contributed by atoms with Crippen LogP contribution in [0.1, 0.15) is 29.3 Å². The van der Waals surface area contributed by atoms with Crippen molar-refractivity contribution in [1.29, 1.82) is 0 Å². The molecule has 7 nitrogen and oxygen atoms in total. The summed E-state index contributed by atoms with van der Waals surface area (Å²) in [5, 5.41) is 24.4. The van der Waals surface area contributed by atoms with E-state index in [4.69, 9.17) is 4.74 Å². The molecular weight excluding hydrogens is 304 g/mol. The van der Waals surface area contributed by atoms with Crippen LogP contribution in [0.3, 0.4) is 0 Å². The Morgan fingerprint density at radius 1 is 1.45 bits per heavy atom. The lowest BCUT2D eigenvalue weighted by molar-refractivity contribution is 0.251. The monoisotopic (exact) mass is 320 g/mol. The van der Waals surface area contributed by atoms with Crippen LogP contribution in [0.5, 0.6) is 11.5 Å². The summed E-state index contributed by atoms with van der Waals surface area (Å²) in [4.78, 5) is 11.8. The summed E-state index contributed by atoms with van der Waals surface area (Å²) >= 11 is 1.41. The lowest BCUT2D eigenvalue weighted by Gasteiger charge is -2.08. The third kappa shape index (κ3) is 3.45. The number of nitrogens with one attached hydrogen (secondary N) is 2. The van der Waals surface area contributed by atoms with Gasteiger partial charge in [0.25, 0.3) is 0 Å². The van der Waals surface area contributed by atoms with Gasteiger partial charge >= 0.3 is 6.03 Å². The molecule has 1 heterocycles. The average molecular weight is 320 g/mol. The number of ether oxygens (including phenoxy) is 1. The van der Waals surface area contributed by atoms with Gasteiger partial charge < -0.3 is 15.2 Å². The van der Waals surface area contributed by atoms with E-state index in [1.54, 1.807) is 12.1 Å². The number of urea groups is 1. The van der Waals surface area contributed by atoms with Crippen LogP contribution in [0.4, 0.5) is 9.93 Å². The van der Waals surface area contributed by atoms with Gasteiger partial charge in [0.1, 0.15) is 5.01 Å². The van der Waals surface area contributed by atoms with Crippen LogP contribution < -0.4 is 15.4 Å². The molecule has 1 aromatic heterocycles. The molecular formula is C14H16N4O3S. The summed E-state index contributed by atoms with van der Waals surface area (Å²) in [6, 6.07) is 4.58. The number of amides is 2. The first-order chi connectivity index (χ1) is 10.7. The molecule has 1 aliphatic carbocycles. The van der Waals surface area contributed by atoms with Gasteiger partial charge in [0.05, 0.1) is 7.11 Å². The van der Waals surface area contributed by atoms with E-state index in [1.165, 1.54) is 24.5 Å². The van der Waals surface area contributed by atoms with E-state index in [-0.39, 0.29) is 11.8 Å². The number of anilines is 1. The van der Waals surface area contributed by atoms with Gasteiger partial charge in [0.2, 0.25) is 5.13 Å². The van der Waals surface area contributed by atoms with Crippen LogP contribution in [0, 0.1) is 0 Å². The second-order valence-electron chi connectivity index (χ2n) is 5.03. The molecule has 3 N–H and O–H groups in total. The highest BCUT2D eigenvalue weighted by molar-refractivity contribution is 7.15. The largest absolute Gasteiger partial charge is 0.504 e. The zero-order chi connectivity index (χ0) is 15.5. The van der Waals surface area contributed by atoms with E-state index < -0.39 is 0 Å². The van der Waals surface area contributed by atoms with Crippen LogP contribution in [0.15, 0.2) is 18.2 Å². The normalized spacial score (nSPS) is 13.7. The number of hydrogen-bond donors (Lipinski definition) is 3. The summed E-state index contributed by atoms with van der Waals surface area (Å²) in [5.74, 6) is 0.968. The van der Waals surface area contributed by atoms with E-state index in [0.29, 0.717) is 23.3 Å². The van der Waals surface area contributed by atoms with Gasteiger partial charge in [0.15, 0.2) is 11.5 Å². The van der Waals surface area contributed by atoms with Crippen molar-refractivity contribution in [3.63, 3.8) is 0 Å². The van der Waals surface area contributed by atoms with E-state index in [1.807, 2.05) is 0 Å². The molecule has 116 valence electrons. The molecule has 22 heavy (non-hydrogen) atoms. The summed E-state index contributed by atoms with van der Waals surface area (Å²) in [6.07, 6.45) is 2.31. The van der Waals surface area contributed by atoms with Gasteiger partial charge in [-0.1, -0.05) is 17.4 Å². The molecule has 2 aromatic rings. The van der Waals surface area contributed by atoms with Crippen LogP contribution >= 0.6 is 11.3 Å². The molecule has 0 bridgehead atoms. The Morgan fingerprint density at radius 2 is 2.27 bits per heavy atom. The molecule has 1 saturated carbocycles. The number of phenolic OH excluding ortho intramolecular Hbond substituents is 1. The number of benzene rings is 1. The second kappa shape index (κ2) is 6.18. The quantitative estimate of drug-likeness (QED) is 0.786. The molecule has 0 unspecified atom stereocenters. The van der Waals surface area contributed by atoms with Crippen molar-refractivity contribution in [1.82, 2.24) is 15.5 Å². The fourth-order valence-corrected chi connectivity index (χ4v) is 2.84. The first kappa shape index (κ1) is 14.6. The number of carbonyl (C=O) groups excluding carboxylic acids is 1. The Balaban J connectivity index is 1.53. The van der Waals surface area contributed by atoms with E-state index >= 15 is 0 Å². The molecule has 0 aliphatic heterocycles. The van der Waals surface area contributed by atoms with E-state index in [9.17, 15) is 9.90 Å². The minimum Gasteiger partial charge on any atom is -0.504 e. The fourth-order valence-electron chi connectivity index (χ4n) is 1.94. The minimum atomic E-state index is -0.342. The van der Waals surface area contributed by atoms with Crippen molar-refractivity contribution < 1.29 is 14.6 Å². The number of aromatic hydroxyl groups is 1. The van der Waals surface area contributed by atoms with Gasteiger partial charge in [-0.15, -0.1) is 10.2 Å². The molecule has 1 aliphatic rings. The third-order valence-corrected chi connectivity index (χ3v) is 4.29. The number of rotatable bonds is 5. The molecule has 0 saturated heterocycles. The SMILES string of the molecule is COc1cc(CNC(=O)Nc2nnc(C3CC3)s2)ccc1O. The standard InChI is InChI=1S/C14H16N4O3S/c1-21-11-6-8(2-5-10(11)19)7-15-13(20)16-14-18-17-12(22-14)9-3-4-9/h2,5-6,9,19H,3-4,7H2,1H3,(H2,15,16,18,20). The van der Waals surface area contributed by atoms with Crippen molar-refractivity contribution in [2.24, 2.45) is 0 Å². The highest BCUT2D eigenvalue weighted by atomic mass is 32.1. The van der Waals surface area contributed by atoms with Crippen molar-refractivity contribution in [3.05, 3.63) is 28.8 Å².